The van der Waals surface area contributed by atoms with E-state index >= 15 is 0 Å². The van der Waals surface area contributed by atoms with Crippen LogP contribution in [0.1, 0.15) is 28.2 Å². The fraction of sp³-hybridized carbons (Fsp3) is 0.444. The van der Waals surface area contributed by atoms with Crippen molar-refractivity contribution in [1.29, 1.82) is 0 Å². The van der Waals surface area contributed by atoms with Gasteiger partial charge in [-0.15, -0.1) is 11.3 Å². The molecule has 5 heteroatoms. The average molecular weight is 327 g/mol. The van der Waals surface area contributed by atoms with Crippen molar-refractivity contribution in [2.75, 3.05) is 6.54 Å². The zero-order valence-electron chi connectivity index (χ0n) is 13.3. The van der Waals surface area contributed by atoms with Crippen molar-refractivity contribution in [3.8, 4) is 0 Å². The molecule has 0 aliphatic carbocycles. The van der Waals surface area contributed by atoms with E-state index in [9.17, 15) is 4.79 Å². The molecule has 2 saturated heterocycles. The van der Waals surface area contributed by atoms with Gasteiger partial charge in [0.1, 0.15) is 0 Å². The highest BCUT2D eigenvalue weighted by atomic mass is 32.1. The first kappa shape index (κ1) is 14.8. The van der Waals surface area contributed by atoms with E-state index in [1.807, 2.05) is 23.5 Å². The molecule has 2 aromatic rings. The van der Waals surface area contributed by atoms with Crippen LogP contribution >= 0.6 is 11.3 Å². The number of thiophene rings is 1. The number of rotatable bonds is 4. The highest BCUT2D eigenvalue weighted by Gasteiger charge is 2.46. The zero-order chi connectivity index (χ0) is 15.8. The molecule has 1 amide bonds. The summed E-state index contributed by atoms with van der Waals surface area (Å²) in [6.45, 7) is 4.94. The number of likely N-dealkylation sites (tertiary alicyclic amines) is 2. The number of pyridine rings is 1. The largest absolute Gasteiger partial charge is 0.334 e. The summed E-state index contributed by atoms with van der Waals surface area (Å²) in [5.41, 5.74) is 1.17. The Kier molecular flexibility index (Phi) is 3.91. The number of aryl methyl sites for hydroxylation is 1. The quantitative estimate of drug-likeness (QED) is 0.866. The lowest BCUT2D eigenvalue weighted by atomic mass is 10.1. The lowest BCUT2D eigenvalue weighted by Gasteiger charge is -2.25. The van der Waals surface area contributed by atoms with Gasteiger partial charge in [0.15, 0.2) is 0 Å². The Morgan fingerprint density at radius 3 is 2.74 bits per heavy atom. The van der Waals surface area contributed by atoms with E-state index in [2.05, 4.69) is 33.8 Å². The second-order valence-corrected chi connectivity index (χ2v) is 7.86. The molecule has 2 fully saturated rings. The summed E-state index contributed by atoms with van der Waals surface area (Å²) in [7, 11) is 0. The molecule has 0 radical (unpaired) electrons. The van der Waals surface area contributed by atoms with Crippen LogP contribution in [0.4, 0.5) is 0 Å². The molecule has 0 saturated carbocycles. The Bertz CT molecular complexity index is 699. The summed E-state index contributed by atoms with van der Waals surface area (Å²) < 4.78 is 0. The van der Waals surface area contributed by atoms with Crippen LogP contribution in [-0.4, -0.2) is 39.3 Å². The standard InChI is InChI=1S/C18H21N3OS/c1-13-2-3-15(23-13)12-20-9-6-16-17(20)10-18(22)21(16)11-14-4-7-19-8-5-14/h2-5,7-8,16-17H,6,9-12H2,1H3. The maximum atomic E-state index is 12.5. The number of carbonyl (C=O) groups excluding carboxylic acids is 1. The fourth-order valence-electron chi connectivity index (χ4n) is 3.87. The second kappa shape index (κ2) is 6.06. The van der Waals surface area contributed by atoms with Gasteiger partial charge in [-0.05, 0) is 43.2 Å². The minimum absolute atomic E-state index is 0.295. The molecule has 2 unspecified atom stereocenters. The van der Waals surface area contributed by atoms with Crippen LogP contribution in [0.25, 0.3) is 0 Å². The number of hydrogen-bond donors (Lipinski definition) is 0. The maximum absolute atomic E-state index is 12.5. The van der Waals surface area contributed by atoms with Crippen LogP contribution in [0.2, 0.25) is 0 Å². The van der Waals surface area contributed by atoms with Crippen LogP contribution in [0.3, 0.4) is 0 Å². The molecule has 2 aliphatic heterocycles. The van der Waals surface area contributed by atoms with Crippen LogP contribution in [0, 0.1) is 6.92 Å². The minimum Gasteiger partial charge on any atom is -0.334 e. The summed E-state index contributed by atoms with van der Waals surface area (Å²) in [5.74, 6) is 0.295. The smallest absolute Gasteiger partial charge is 0.224 e. The van der Waals surface area contributed by atoms with Crippen LogP contribution in [0.15, 0.2) is 36.7 Å². The van der Waals surface area contributed by atoms with Crippen molar-refractivity contribution in [3.63, 3.8) is 0 Å². The number of aromatic nitrogens is 1. The van der Waals surface area contributed by atoms with Gasteiger partial charge in [-0.25, -0.2) is 0 Å². The molecular formula is C18H21N3OS. The Labute approximate surface area is 140 Å². The number of amides is 1. The summed E-state index contributed by atoms with van der Waals surface area (Å²) in [4.78, 5) is 23.9. The molecule has 2 aromatic heterocycles. The summed E-state index contributed by atoms with van der Waals surface area (Å²) >= 11 is 1.87. The lowest BCUT2D eigenvalue weighted by Crippen LogP contribution is -2.36. The van der Waals surface area contributed by atoms with Crippen molar-refractivity contribution in [2.24, 2.45) is 0 Å². The first-order valence-corrected chi connectivity index (χ1v) is 9.00. The molecule has 4 nitrogen and oxygen atoms in total. The van der Waals surface area contributed by atoms with Gasteiger partial charge < -0.3 is 4.90 Å². The fourth-order valence-corrected chi connectivity index (χ4v) is 4.78. The Morgan fingerprint density at radius 2 is 2.00 bits per heavy atom. The van der Waals surface area contributed by atoms with Crippen LogP contribution < -0.4 is 0 Å². The van der Waals surface area contributed by atoms with E-state index in [0.717, 1.165) is 19.5 Å². The topological polar surface area (TPSA) is 36.4 Å². The third-order valence-electron chi connectivity index (χ3n) is 4.99. The molecule has 4 rings (SSSR count). The van der Waals surface area contributed by atoms with E-state index in [-0.39, 0.29) is 0 Å². The van der Waals surface area contributed by atoms with E-state index in [4.69, 9.17) is 0 Å². The van der Waals surface area contributed by atoms with Crippen LogP contribution in [0.5, 0.6) is 0 Å². The third-order valence-corrected chi connectivity index (χ3v) is 5.97. The molecule has 0 bridgehead atoms. The molecular weight excluding hydrogens is 306 g/mol. The van der Waals surface area contributed by atoms with E-state index in [0.29, 0.717) is 31.0 Å². The number of hydrogen-bond acceptors (Lipinski definition) is 4. The SMILES string of the molecule is Cc1ccc(CN2CCC3C2CC(=O)N3Cc2ccncc2)s1. The van der Waals surface area contributed by atoms with E-state index in [1.54, 1.807) is 12.4 Å². The summed E-state index contributed by atoms with van der Waals surface area (Å²) in [5, 5.41) is 0. The molecule has 4 heterocycles. The molecule has 2 atom stereocenters. The number of nitrogens with zero attached hydrogens (tertiary/aromatic N) is 3. The summed E-state index contributed by atoms with van der Waals surface area (Å²) in [6, 6.07) is 9.16. The Morgan fingerprint density at radius 1 is 1.17 bits per heavy atom. The molecule has 0 N–H and O–H groups in total. The summed E-state index contributed by atoms with van der Waals surface area (Å²) in [6.07, 6.45) is 5.35. The van der Waals surface area contributed by atoms with Crippen LogP contribution in [-0.2, 0) is 17.9 Å². The molecule has 120 valence electrons. The van der Waals surface area contributed by atoms with Gasteiger partial charge in [0.25, 0.3) is 0 Å². The van der Waals surface area contributed by atoms with E-state index in [1.165, 1.54) is 15.3 Å². The Hall–Kier alpha value is -1.72. The average Bonchev–Trinajstić information content (AvgIpc) is 3.21. The molecule has 2 aliphatic rings. The van der Waals surface area contributed by atoms with Gasteiger partial charge in [-0.3, -0.25) is 14.7 Å². The zero-order valence-corrected chi connectivity index (χ0v) is 14.1. The third kappa shape index (κ3) is 2.91. The molecule has 23 heavy (non-hydrogen) atoms. The Balaban J connectivity index is 1.46. The van der Waals surface area contributed by atoms with Gasteiger partial charge in [0.2, 0.25) is 5.91 Å². The highest BCUT2D eigenvalue weighted by molar-refractivity contribution is 7.11. The monoisotopic (exact) mass is 327 g/mol. The molecule has 0 spiro atoms. The number of fused-ring (bicyclic) bond motifs is 1. The predicted molar refractivity (Wildman–Crippen MR) is 91.1 cm³/mol. The van der Waals surface area contributed by atoms with E-state index < -0.39 is 0 Å². The van der Waals surface area contributed by atoms with Gasteiger partial charge in [-0.2, -0.15) is 0 Å². The lowest BCUT2D eigenvalue weighted by molar-refractivity contribution is -0.129. The van der Waals surface area contributed by atoms with Crippen molar-refractivity contribution < 1.29 is 4.79 Å². The first-order valence-electron chi connectivity index (χ1n) is 8.18. The number of carbonyl (C=O) groups is 1. The highest BCUT2D eigenvalue weighted by Crippen LogP contribution is 2.35. The second-order valence-electron chi connectivity index (χ2n) is 6.49. The van der Waals surface area contributed by atoms with Gasteiger partial charge in [-0.1, -0.05) is 0 Å². The van der Waals surface area contributed by atoms with Crippen molar-refractivity contribution in [1.82, 2.24) is 14.8 Å². The minimum atomic E-state index is 0.295. The molecule has 0 aromatic carbocycles. The normalized spacial score (nSPS) is 24.4. The first-order chi connectivity index (χ1) is 11.2. The maximum Gasteiger partial charge on any atom is 0.224 e. The van der Waals surface area contributed by atoms with Crippen molar-refractivity contribution in [3.05, 3.63) is 52.0 Å². The van der Waals surface area contributed by atoms with Gasteiger partial charge >= 0.3 is 0 Å². The van der Waals surface area contributed by atoms with Crippen molar-refractivity contribution in [2.45, 2.75) is 44.9 Å². The van der Waals surface area contributed by atoms with Gasteiger partial charge in [0, 0.05) is 60.3 Å². The predicted octanol–water partition coefficient (Wildman–Crippen LogP) is 2.83. The van der Waals surface area contributed by atoms with Crippen molar-refractivity contribution >= 4 is 17.2 Å². The van der Waals surface area contributed by atoms with Gasteiger partial charge in [0.05, 0.1) is 0 Å².